The molecule has 2 aromatic rings. The van der Waals surface area contributed by atoms with E-state index in [-0.39, 0.29) is 29.1 Å². The Hall–Kier alpha value is -2.38. The first kappa shape index (κ1) is 18.4. The van der Waals surface area contributed by atoms with Crippen LogP contribution in [0.25, 0.3) is 0 Å². The van der Waals surface area contributed by atoms with Gasteiger partial charge in [0.2, 0.25) is 0 Å². The fraction of sp³-hybridized carbons (Fsp3) is 0.294. The van der Waals surface area contributed by atoms with E-state index in [1.165, 1.54) is 12.1 Å². The third kappa shape index (κ3) is 4.23. The lowest BCUT2D eigenvalue weighted by Gasteiger charge is -2.32. The quantitative estimate of drug-likeness (QED) is 0.832. The average molecular weight is 395 g/mol. The molecular weight excluding hydrogens is 379 g/mol. The van der Waals surface area contributed by atoms with E-state index in [1.54, 1.807) is 23.1 Å². The number of likely N-dealkylation sites (tertiary alicyclic amines) is 1. The molecule has 0 aliphatic carbocycles. The summed E-state index contributed by atoms with van der Waals surface area (Å²) in [5.41, 5.74) is 0.272. The van der Waals surface area contributed by atoms with Crippen LogP contribution in [0.5, 0.6) is 0 Å². The van der Waals surface area contributed by atoms with Crippen LogP contribution in [0.3, 0.4) is 0 Å². The number of hydrogen-bond donors (Lipinski definition) is 2. The maximum absolute atomic E-state index is 12.5. The molecule has 0 spiro atoms. The molecule has 2 amide bonds. The third-order valence-corrected chi connectivity index (χ3v) is 4.93. The van der Waals surface area contributed by atoms with Crippen molar-refractivity contribution in [2.45, 2.75) is 18.9 Å². The van der Waals surface area contributed by atoms with Gasteiger partial charge in [-0.15, -0.1) is 0 Å². The maximum Gasteiger partial charge on any atom is 0.271 e. The molecule has 1 fully saturated rings. The average Bonchev–Trinajstić information content (AvgIpc) is 2.64. The van der Waals surface area contributed by atoms with Crippen LogP contribution in [0.1, 0.15) is 33.7 Å². The molecule has 1 saturated heterocycles. The van der Waals surface area contributed by atoms with Gasteiger partial charge in [0.25, 0.3) is 17.4 Å². The molecule has 136 valence electrons. The molecule has 26 heavy (non-hydrogen) atoms. The molecule has 1 aliphatic heterocycles. The number of benzene rings is 1. The number of hydrogen-bond acceptors (Lipinski definition) is 4. The summed E-state index contributed by atoms with van der Waals surface area (Å²) in [6.07, 6.45) is 1.25. The van der Waals surface area contributed by atoms with Crippen molar-refractivity contribution in [1.29, 1.82) is 0 Å². The molecule has 0 bridgehead atoms. The van der Waals surface area contributed by atoms with Gasteiger partial charge in [-0.1, -0.05) is 23.2 Å². The lowest BCUT2D eigenvalue weighted by molar-refractivity contribution is 0.0697. The number of rotatable bonds is 3. The van der Waals surface area contributed by atoms with Gasteiger partial charge in [0.1, 0.15) is 5.69 Å². The summed E-state index contributed by atoms with van der Waals surface area (Å²) < 4.78 is 0. The van der Waals surface area contributed by atoms with E-state index in [9.17, 15) is 14.4 Å². The summed E-state index contributed by atoms with van der Waals surface area (Å²) in [4.78, 5) is 37.4. The number of halogens is 2. The van der Waals surface area contributed by atoms with Crippen LogP contribution in [0.15, 0.2) is 35.1 Å². The fourth-order valence-electron chi connectivity index (χ4n) is 2.77. The minimum atomic E-state index is -0.365. The number of nitrogens with zero attached hydrogens (tertiary/aromatic N) is 2. The summed E-state index contributed by atoms with van der Waals surface area (Å²) in [5.74, 6) is -0.467. The molecule has 0 radical (unpaired) electrons. The Morgan fingerprint density at radius 1 is 1.12 bits per heavy atom. The molecule has 7 nitrogen and oxygen atoms in total. The maximum atomic E-state index is 12.5. The van der Waals surface area contributed by atoms with Crippen molar-refractivity contribution in [3.63, 3.8) is 0 Å². The van der Waals surface area contributed by atoms with Crippen molar-refractivity contribution in [2.24, 2.45) is 0 Å². The largest absolute Gasteiger partial charge is 0.348 e. The van der Waals surface area contributed by atoms with Crippen molar-refractivity contribution in [1.82, 2.24) is 20.4 Å². The second-order valence-electron chi connectivity index (χ2n) is 5.98. The van der Waals surface area contributed by atoms with Crippen LogP contribution in [0.2, 0.25) is 10.0 Å². The smallest absolute Gasteiger partial charge is 0.271 e. The van der Waals surface area contributed by atoms with E-state index in [0.717, 1.165) is 0 Å². The van der Waals surface area contributed by atoms with E-state index in [2.05, 4.69) is 15.5 Å². The summed E-state index contributed by atoms with van der Waals surface area (Å²) in [5, 5.41) is 9.55. The van der Waals surface area contributed by atoms with Crippen molar-refractivity contribution < 1.29 is 9.59 Å². The lowest BCUT2D eigenvalue weighted by Crippen LogP contribution is -2.46. The molecule has 0 atom stereocenters. The van der Waals surface area contributed by atoms with Gasteiger partial charge in [0, 0.05) is 30.8 Å². The van der Waals surface area contributed by atoms with E-state index in [1.807, 2.05) is 0 Å². The highest BCUT2D eigenvalue weighted by molar-refractivity contribution is 6.42. The zero-order chi connectivity index (χ0) is 18.7. The molecule has 3 rings (SSSR count). The number of H-pyrrole nitrogens is 1. The first-order chi connectivity index (χ1) is 12.4. The lowest BCUT2D eigenvalue weighted by atomic mass is 10.0. The van der Waals surface area contributed by atoms with Gasteiger partial charge in [-0.2, -0.15) is 5.10 Å². The summed E-state index contributed by atoms with van der Waals surface area (Å²) in [6.45, 7) is 1.03. The highest BCUT2D eigenvalue weighted by Crippen LogP contribution is 2.24. The van der Waals surface area contributed by atoms with E-state index in [4.69, 9.17) is 23.2 Å². The Morgan fingerprint density at radius 3 is 2.46 bits per heavy atom. The molecule has 1 aromatic carbocycles. The van der Waals surface area contributed by atoms with Crippen molar-refractivity contribution in [3.05, 3.63) is 62.0 Å². The summed E-state index contributed by atoms with van der Waals surface area (Å²) >= 11 is 11.8. The molecule has 0 unspecified atom stereocenters. The highest BCUT2D eigenvalue weighted by Gasteiger charge is 2.25. The first-order valence-electron chi connectivity index (χ1n) is 8.05. The van der Waals surface area contributed by atoms with E-state index >= 15 is 0 Å². The number of nitrogens with one attached hydrogen (secondary N) is 2. The molecule has 9 heteroatoms. The Labute approximate surface area is 159 Å². The van der Waals surface area contributed by atoms with Crippen LogP contribution in [0.4, 0.5) is 0 Å². The molecule has 2 N–H and O–H groups in total. The van der Waals surface area contributed by atoms with Gasteiger partial charge in [0.15, 0.2) is 0 Å². The van der Waals surface area contributed by atoms with E-state index in [0.29, 0.717) is 41.5 Å². The zero-order valence-corrected chi connectivity index (χ0v) is 15.2. The molecule has 0 saturated carbocycles. The number of carbonyl (C=O) groups is 2. The van der Waals surface area contributed by atoms with Crippen LogP contribution < -0.4 is 10.9 Å². The normalized spacial score (nSPS) is 14.9. The summed E-state index contributed by atoms with van der Waals surface area (Å²) in [7, 11) is 0. The molecule has 2 heterocycles. The Morgan fingerprint density at radius 2 is 1.85 bits per heavy atom. The van der Waals surface area contributed by atoms with Gasteiger partial charge in [-0.3, -0.25) is 14.4 Å². The third-order valence-electron chi connectivity index (χ3n) is 4.20. The SMILES string of the molecule is O=C(NC1CCN(C(=O)c2ccc(Cl)c(Cl)c2)CC1)c1ccc(=O)[nH]n1. The molecule has 1 aliphatic rings. The van der Waals surface area contributed by atoms with Crippen LogP contribution in [0, 0.1) is 0 Å². The number of carbonyl (C=O) groups excluding carboxylic acids is 2. The monoisotopic (exact) mass is 394 g/mol. The summed E-state index contributed by atoms with van der Waals surface area (Å²) in [6, 6.07) is 7.36. The second kappa shape index (κ2) is 7.88. The van der Waals surface area contributed by atoms with Gasteiger partial charge in [-0.25, -0.2) is 5.10 Å². The van der Waals surface area contributed by atoms with Crippen molar-refractivity contribution >= 4 is 35.0 Å². The van der Waals surface area contributed by atoms with E-state index < -0.39 is 0 Å². The fourth-order valence-corrected chi connectivity index (χ4v) is 3.07. The first-order valence-corrected chi connectivity index (χ1v) is 8.80. The topological polar surface area (TPSA) is 95.2 Å². The Bertz CT molecular complexity index is 871. The number of aromatic amines is 1. The van der Waals surface area contributed by atoms with Crippen LogP contribution >= 0.6 is 23.2 Å². The minimum Gasteiger partial charge on any atom is -0.348 e. The second-order valence-corrected chi connectivity index (χ2v) is 6.79. The number of aromatic nitrogens is 2. The standard InChI is InChI=1S/C17H16Cl2N4O3/c18-12-2-1-10(9-13(12)19)17(26)23-7-5-11(6-8-23)20-16(25)14-3-4-15(24)22-21-14/h1-4,9,11H,5-8H2,(H,20,25)(H,22,24). The minimum absolute atomic E-state index is 0.0610. The van der Waals surface area contributed by atoms with Gasteiger partial charge >= 0.3 is 0 Å². The Kier molecular flexibility index (Phi) is 5.58. The zero-order valence-electron chi connectivity index (χ0n) is 13.7. The van der Waals surface area contributed by atoms with Crippen molar-refractivity contribution in [2.75, 3.05) is 13.1 Å². The van der Waals surface area contributed by atoms with Gasteiger partial charge in [-0.05, 0) is 37.1 Å². The Balaban J connectivity index is 1.56. The predicted octanol–water partition coefficient (Wildman–Crippen LogP) is 2.11. The predicted molar refractivity (Wildman–Crippen MR) is 97.7 cm³/mol. The van der Waals surface area contributed by atoms with Gasteiger partial charge < -0.3 is 10.2 Å². The van der Waals surface area contributed by atoms with Crippen LogP contribution in [-0.2, 0) is 0 Å². The number of piperidine rings is 1. The van der Waals surface area contributed by atoms with Gasteiger partial charge in [0.05, 0.1) is 10.0 Å². The van der Waals surface area contributed by atoms with Crippen LogP contribution in [-0.4, -0.2) is 46.0 Å². The highest BCUT2D eigenvalue weighted by atomic mass is 35.5. The molecule has 1 aromatic heterocycles. The van der Waals surface area contributed by atoms with Crippen molar-refractivity contribution in [3.8, 4) is 0 Å². The molecular formula is C17H16Cl2N4O3. The number of amides is 2.